The molecule has 2 aliphatic rings. The Balaban J connectivity index is 1.77. The van der Waals surface area contributed by atoms with E-state index in [9.17, 15) is 4.79 Å². The van der Waals surface area contributed by atoms with Crippen LogP contribution in [0.25, 0.3) is 0 Å². The van der Waals surface area contributed by atoms with Crippen LogP contribution in [0, 0.1) is 0 Å². The Bertz CT molecular complexity index is 789. The van der Waals surface area contributed by atoms with Crippen molar-refractivity contribution in [1.29, 1.82) is 0 Å². The van der Waals surface area contributed by atoms with E-state index in [4.69, 9.17) is 11.6 Å². The largest absolute Gasteiger partial charge is 0.325 e. The van der Waals surface area contributed by atoms with E-state index in [2.05, 4.69) is 27.9 Å². The van der Waals surface area contributed by atoms with Crippen molar-refractivity contribution in [3.63, 3.8) is 0 Å². The van der Waals surface area contributed by atoms with E-state index < -0.39 is 5.41 Å². The number of aromatic nitrogens is 3. The van der Waals surface area contributed by atoms with Gasteiger partial charge in [-0.1, -0.05) is 22.9 Å². The number of halogens is 1. The first-order valence-electron chi connectivity index (χ1n) is 7.72. The first kappa shape index (κ1) is 14.7. The van der Waals surface area contributed by atoms with Crippen molar-refractivity contribution < 1.29 is 4.79 Å². The van der Waals surface area contributed by atoms with Gasteiger partial charge < -0.3 is 10.6 Å². The van der Waals surface area contributed by atoms with Crippen LogP contribution in [0.3, 0.4) is 0 Å². The number of nitrogens with zero attached hydrogens (tertiary/aromatic N) is 3. The van der Waals surface area contributed by atoms with Crippen LogP contribution in [0.15, 0.2) is 24.4 Å². The van der Waals surface area contributed by atoms with Crippen molar-refractivity contribution in [2.45, 2.75) is 37.3 Å². The second-order valence-electron chi connectivity index (χ2n) is 6.57. The molecule has 6 nitrogen and oxygen atoms in total. The molecular formula is C16H18ClN5O. The van der Waals surface area contributed by atoms with Gasteiger partial charge in [0.1, 0.15) is 0 Å². The molecule has 7 heteroatoms. The van der Waals surface area contributed by atoms with Gasteiger partial charge in [0, 0.05) is 30.0 Å². The third-order valence-corrected chi connectivity index (χ3v) is 5.09. The number of carbonyl (C=O) groups is 1. The number of benzene rings is 1. The molecule has 4 rings (SSSR count). The molecule has 0 saturated carbocycles. The molecule has 1 aromatic heterocycles. The second-order valence-corrected chi connectivity index (χ2v) is 7.01. The number of hydrogen-bond donors (Lipinski definition) is 2. The maximum Gasteiger partial charge on any atom is 0.235 e. The normalized spacial score (nSPS) is 29.6. The summed E-state index contributed by atoms with van der Waals surface area (Å²) in [6, 6.07) is 5.85. The lowest BCUT2D eigenvalue weighted by Crippen LogP contribution is -2.50. The number of fused-ring (bicyclic) bond motifs is 2. The molecule has 2 aromatic rings. The van der Waals surface area contributed by atoms with E-state index in [1.54, 1.807) is 4.68 Å². The van der Waals surface area contributed by atoms with Crippen LogP contribution < -0.4 is 10.6 Å². The maximum absolute atomic E-state index is 12.8. The van der Waals surface area contributed by atoms with E-state index in [1.807, 2.05) is 31.4 Å². The van der Waals surface area contributed by atoms with Gasteiger partial charge >= 0.3 is 0 Å². The topological polar surface area (TPSA) is 71.8 Å². The number of carbonyl (C=O) groups excluding carboxylic acids is 1. The summed E-state index contributed by atoms with van der Waals surface area (Å²) in [5.41, 5.74) is 2.20. The molecule has 120 valence electrons. The van der Waals surface area contributed by atoms with Gasteiger partial charge in [-0.2, -0.15) is 0 Å². The summed E-state index contributed by atoms with van der Waals surface area (Å²) >= 11 is 6.07. The highest BCUT2D eigenvalue weighted by Gasteiger charge is 2.51. The fraction of sp³-hybridized carbons (Fsp3) is 0.438. The van der Waals surface area contributed by atoms with E-state index >= 15 is 0 Å². The zero-order valence-corrected chi connectivity index (χ0v) is 13.8. The first-order valence-corrected chi connectivity index (χ1v) is 8.09. The molecule has 3 heterocycles. The van der Waals surface area contributed by atoms with Gasteiger partial charge in [-0.05, 0) is 37.5 Å². The average molecular weight is 332 g/mol. The quantitative estimate of drug-likeness (QED) is 0.840. The Morgan fingerprint density at radius 3 is 2.96 bits per heavy atom. The van der Waals surface area contributed by atoms with E-state index in [1.165, 1.54) is 0 Å². The second kappa shape index (κ2) is 5.04. The molecule has 0 aliphatic carbocycles. The van der Waals surface area contributed by atoms with Crippen molar-refractivity contribution in [1.82, 2.24) is 20.3 Å². The molecule has 1 fully saturated rings. The fourth-order valence-corrected chi connectivity index (χ4v) is 4.11. The van der Waals surface area contributed by atoms with E-state index in [-0.39, 0.29) is 18.0 Å². The van der Waals surface area contributed by atoms with Crippen LogP contribution in [-0.2, 0) is 17.3 Å². The molecule has 1 amide bonds. The van der Waals surface area contributed by atoms with E-state index in [0.29, 0.717) is 11.4 Å². The van der Waals surface area contributed by atoms with Crippen molar-refractivity contribution in [3.05, 3.63) is 40.7 Å². The minimum absolute atomic E-state index is 0.000159. The van der Waals surface area contributed by atoms with Gasteiger partial charge in [0.2, 0.25) is 5.91 Å². The Hall–Kier alpha value is -1.92. The van der Waals surface area contributed by atoms with Crippen LogP contribution in [-0.4, -0.2) is 26.9 Å². The monoisotopic (exact) mass is 331 g/mol. The number of hydrogen-bond acceptors (Lipinski definition) is 4. The van der Waals surface area contributed by atoms with Crippen molar-refractivity contribution in [3.8, 4) is 0 Å². The SMILES string of the molecule is CC1CC2(CC(c3cn(C)nn3)N1)C(=O)Nc1cc(Cl)ccc12. The Labute approximate surface area is 139 Å². The molecule has 1 saturated heterocycles. The van der Waals surface area contributed by atoms with Gasteiger partial charge in [-0.3, -0.25) is 9.48 Å². The van der Waals surface area contributed by atoms with Crippen LogP contribution in [0.2, 0.25) is 5.02 Å². The van der Waals surface area contributed by atoms with Gasteiger partial charge in [0.25, 0.3) is 0 Å². The first-order chi connectivity index (χ1) is 11.0. The molecule has 1 aromatic carbocycles. The Morgan fingerprint density at radius 1 is 1.39 bits per heavy atom. The highest BCUT2D eigenvalue weighted by atomic mass is 35.5. The summed E-state index contributed by atoms with van der Waals surface area (Å²) in [6.45, 7) is 2.10. The summed E-state index contributed by atoms with van der Waals surface area (Å²) in [5, 5.41) is 15.4. The lowest BCUT2D eigenvalue weighted by Gasteiger charge is -2.40. The highest BCUT2D eigenvalue weighted by molar-refractivity contribution is 6.31. The van der Waals surface area contributed by atoms with Gasteiger partial charge in [0.15, 0.2) is 0 Å². The number of anilines is 1. The molecule has 0 bridgehead atoms. The van der Waals surface area contributed by atoms with Crippen molar-refractivity contribution >= 4 is 23.2 Å². The zero-order chi connectivity index (χ0) is 16.2. The van der Waals surface area contributed by atoms with Crippen molar-refractivity contribution in [2.24, 2.45) is 7.05 Å². The minimum Gasteiger partial charge on any atom is -0.325 e. The lowest BCUT2D eigenvalue weighted by molar-refractivity contribution is -0.122. The molecule has 2 aliphatic heterocycles. The Kier molecular flexibility index (Phi) is 3.21. The van der Waals surface area contributed by atoms with Crippen LogP contribution in [0.5, 0.6) is 0 Å². The molecule has 1 spiro atoms. The average Bonchev–Trinajstić information content (AvgIpc) is 3.02. The maximum atomic E-state index is 12.8. The lowest BCUT2D eigenvalue weighted by atomic mass is 9.69. The van der Waals surface area contributed by atoms with Crippen LogP contribution in [0.1, 0.15) is 37.1 Å². The summed E-state index contributed by atoms with van der Waals surface area (Å²) < 4.78 is 1.69. The van der Waals surface area contributed by atoms with Crippen LogP contribution >= 0.6 is 11.6 Å². The van der Waals surface area contributed by atoms with Gasteiger partial charge in [0.05, 0.1) is 17.2 Å². The summed E-state index contributed by atoms with van der Waals surface area (Å²) in [6.07, 6.45) is 3.32. The van der Waals surface area contributed by atoms with Crippen LogP contribution in [0.4, 0.5) is 5.69 Å². The Morgan fingerprint density at radius 2 is 2.22 bits per heavy atom. The molecule has 3 unspecified atom stereocenters. The number of aryl methyl sites for hydroxylation is 1. The third-order valence-electron chi connectivity index (χ3n) is 4.85. The standard InChI is InChI=1S/C16H18ClN5O/c1-9-6-16(7-13(18-9)14-8-22(2)21-20-14)11-4-3-10(17)5-12(11)19-15(16)23/h3-5,8-9,13,18H,6-7H2,1-2H3,(H,19,23). The highest BCUT2D eigenvalue weighted by Crippen LogP contribution is 2.49. The number of nitrogens with one attached hydrogen (secondary N) is 2. The molecule has 2 N–H and O–H groups in total. The third kappa shape index (κ3) is 2.24. The summed E-state index contributed by atoms with van der Waals surface area (Å²) in [4.78, 5) is 12.8. The number of amides is 1. The smallest absolute Gasteiger partial charge is 0.235 e. The predicted molar refractivity (Wildman–Crippen MR) is 87.3 cm³/mol. The summed E-state index contributed by atoms with van der Waals surface area (Å²) in [7, 11) is 1.85. The zero-order valence-electron chi connectivity index (χ0n) is 13.0. The molecule has 23 heavy (non-hydrogen) atoms. The predicted octanol–water partition coefficient (Wildman–Crippen LogP) is 2.17. The fourth-order valence-electron chi connectivity index (χ4n) is 3.94. The van der Waals surface area contributed by atoms with Gasteiger partial charge in [-0.15, -0.1) is 5.10 Å². The van der Waals surface area contributed by atoms with Crippen molar-refractivity contribution in [2.75, 3.05) is 5.32 Å². The minimum atomic E-state index is -0.535. The van der Waals surface area contributed by atoms with Gasteiger partial charge in [-0.25, -0.2) is 0 Å². The molecule has 3 atom stereocenters. The summed E-state index contributed by atoms with van der Waals surface area (Å²) in [5.74, 6) is 0.0528. The number of piperidine rings is 1. The number of rotatable bonds is 1. The molecule has 0 radical (unpaired) electrons. The van der Waals surface area contributed by atoms with E-state index in [0.717, 1.165) is 23.4 Å². The molecular weight excluding hydrogens is 314 g/mol.